The molecule has 1 atom stereocenters. The molecule has 0 aliphatic rings. The van der Waals surface area contributed by atoms with E-state index in [1.807, 2.05) is 0 Å². The van der Waals surface area contributed by atoms with E-state index in [0.717, 1.165) is 5.00 Å². The maximum absolute atomic E-state index is 3.86. The predicted molar refractivity (Wildman–Crippen MR) is 72.6 cm³/mol. The van der Waals surface area contributed by atoms with Crippen molar-refractivity contribution in [2.75, 3.05) is 5.32 Å². The van der Waals surface area contributed by atoms with E-state index in [-0.39, 0.29) is 6.04 Å². The van der Waals surface area contributed by atoms with E-state index in [1.54, 1.807) is 6.20 Å². The molecule has 0 saturated carbocycles. The lowest BCUT2D eigenvalue weighted by molar-refractivity contribution is 0.865. The van der Waals surface area contributed by atoms with Crippen LogP contribution in [0.2, 0.25) is 0 Å². The molecular formula is C13H17N3S. The van der Waals surface area contributed by atoms with Gasteiger partial charge in [-0.25, -0.2) is 0 Å². The minimum atomic E-state index is 0.276. The minimum absolute atomic E-state index is 0.276. The number of rotatable bonds is 3. The Morgan fingerprint density at radius 1 is 1.18 bits per heavy atom. The molecule has 0 spiro atoms. The number of hydrogen-bond acceptors (Lipinski definition) is 4. The van der Waals surface area contributed by atoms with Crippen molar-refractivity contribution in [2.45, 2.75) is 33.7 Å². The third kappa shape index (κ3) is 2.64. The van der Waals surface area contributed by atoms with E-state index in [1.165, 1.54) is 33.8 Å². The van der Waals surface area contributed by atoms with Crippen molar-refractivity contribution < 1.29 is 0 Å². The molecule has 1 unspecified atom stereocenters. The Balaban J connectivity index is 2.27. The first kappa shape index (κ1) is 12.0. The van der Waals surface area contributed by atoms with Gasteiger partial charge in [-0.3, -0.25) is 0 Å². The molecule has 0 radical (unpaired) electrons. The molecule has 1 aromatic heterocycles. The van der Waals surface area contributed by atoms with Gasteiger partial charge < -0.3 is 5.32 Å². The van der Waals surface area contributed by atoms with Crippen LogP contribution in [0, 0.1) is 20.8 Å². The summed E-state index contributed by atoms with van der Waals surface area (Å²) >= 11 is 1.39. The van der Waals surface area contributed by atoms with Gasteiger partial charge in [-0.15, -0.1) is 5.10 Å². The molecule has 0 aliphatic heterocycles. The molecule has 2 rings (SSSR count). The molecule has 1 aromatic carbocycles. The van der Waals surface area contributed by atoms with Gasteiger partial charge in [0, 0.05) is 17.6 Å². The second-order valence-electron chi connectivity index (χ2n) is 4.46. The van der Waals surface area contributed by atoms with E-state index in [0.29, 0.717) is 0 Å². The summed E-state index contributed by atoms with van der Waals surface area (Å²) in [4.78, 5) is 0. The average molecular weight is 247 g/mol. The fraction of sp³-hybridized carbons (Fsp3) is 0.385. The van der Waals surface area contributed by atoms with Gasteiger partial charge in [-0.05, 0) is 44.4 Å². The van der Waals surface area contributed by atoms with Gasteiger partial charge in [0.05, 0.1) is 6.20 Å². The van der Waals surface area contributed by atoms with E-state index < -0.39 is 0 Å². The second kappa shape index (κ2) is 4.84. The minimum Gasteiger partial charge on any atom is -0.368 e. The molecule has 2 aromatic rings. The first-order valence-electron chi connectivity index (χ1n) is 5.69. The van der Waals surface area contributed by atoms with Crippen LogP contribution in [0.4, 0.5) is 5.00 Å². The van der Waals surface area contributed by atoms with Gasteiger partial charge in [0.25, 0.3) is 0 Å². The van der Waals surface area contributed by atoms with Gasteiger partial charge in [-0.2, -0.15) is 0 Å². The first-order valence-corrected chi connectivity index (χ1v) is 6.47. The summed E-state index contributed by atoms with van der Waals surface area (Å²) in [6.07, 6.45) is 1.76. The van der Waals surface area contributed by atoms with Gasteiger partial charge in [0.1, 0.15) is 5.00 Å². The molecule has 0 saturated heterocycles. The van der Waals surface area contributed by atoms with Crippen LogP contribution in [-0.4, -0.2) is 9.59 Å². The number of nitrogens with zero attached hydrogens (tertiary/aromatic N) is 2. The number of hydrogen-bond donors (Lipinski definition) is 1. The van der Waals surface area contributed by atoms with Gasteiger partial charge >= 0.3 is 0 Å². The Bertz CT molecular complexity index is 482. The van der Waals surface area contributed by atoms with Crippen LogP contribution >= 0.6 is 11.5 Å². The molecule has 1 heterocycles. The Labute approximate surface area is 106 Å². The smallest absolute Gasteiger partial charge is 0.130 e. The average Bonchev–Trinajstić information content (AvgIpc) is 2.68. The zero-order valence-electron chi connectivity index (χ0n) is 10.6. The maximum atomic E-state index is 3.86. The third-order valence-electron chi connectivity index (χ3n) is 2.89. The van der Waals surface area contributed by atoms with Crippen molar-refractivity contribution in [2.24, 2.45) is 0 Å². The summed E-state index contributed by atoms with van der Waals surface area (Å²) in [5, 5.41) is 8.28. The summed E-state index contributed by atoms with van der Waals surface area (Å²) in [6.45, 7) is 8.64. The van der Waals surface area contributed by atoms with Crippen molar-refractivity contribution in [1.29, 1.82) is 0 Å². The third-order valence-corrected chi connectivity index (χ3v) is 3.49. The highest BCUT2D eigenvalue weighted by Gasteiger charge is 2.12. The molecule has 4 heteroatoms. The highest BCUT2D eigenvalue weighted by atomic mass is 32.1. The normalized spacial score (nSPS) is 12.5. The molecule has 90 valence electrons. The molecule has 0 bridgehead atoms. The quantitative estimate of drug-likeness (QED) is 0.900. The molecule has 17 heavy (non-hydrogen) atoms. The SMILES string of the molecule is Cc1cc(C)c(C(C)Nc2cnns2)c(C)c1. The largest absolute Gasteiger partial charge is 0.368 e. The monoisotopic (exact) mass is 247 g/mol. The van der Waals surface area contributed by atoms with Crippen LogP contribution in [0.3, 0.4) is 0 Å². The Morgan fingerprint density at radius 3 is 2.35 bits per heavy atom. The lowest BCUT2D eigenvalue weighted by Gasteiger charge is -2.19. The summed E-state index contributed by atoms with van der Waals surface area (Å²) < 4.78 is 3.86. The molecular weight excluding hydrogens is 230 g/mol. The number of aromatic nitrogens is 2. The number of nitrogens with one attached hydrogen (secondary N) is 1. The van der Waals surface area contributed by atoms with Crippen LogP contribution in [0.5, 0.6) is 0 Å². The molecule has 0 amide bonds. The standard InChI is InChI=1S/C13H17N3S/c1-8-5-9(2)13(10(3)6-8)11(4)15-12-7-14-16-17-12/h5-7,11,15H,1-4H3. The molecule has 3 nitrogen and oxygen atoms in total. The van der Waals surface area contributed by atoms with Crippen molar-refractivity contribution in [1.82, 2.24) is 9.59 Å². The van der Waals surface area contributed by atoms with Crippen LogP contribution in [0.15, 0.2) is 18.3 Å². The Morgan fingerprint density at radius 2 is 1.82 bits per heavy atom. The Kier molecular flexibility index (Phi) is 3.43. The molecule has 0 aliphatic carbocycles. The van der Waals surface area contributed by atoms with Crippen molar-refractivity contribution >= 4 is 16.5 Å². The fourth-order valence-corrected chi connectivity index (χ4v) is 2.90. The number of benzene rings is 1. The van der Waals surface area contributed by atoms with Crippen molar-refractivity contribution in [3.8, 4) is 0 Å². The van der Waals surface area contributed by atoms with Gasteiger partial charge in [0.15, 0.2) is 0 Å². The highest BCUT2D eigenvalue weighted by molar-refractivity contribution is 7.09. The first-order chi connectivity index (χ1) is 8.08. The molecule has 0 fully saturated rings. The summed E-state index contributed by atoms with van der Waals surface area (Å²) in [5.74, 6) is 0. The fourth-order valence-electron chi connectivity index (χ4n) is 2.39. The zero-order chi connectivity index (χ0) is 12.4. The molecule has 1 N–H and O–H groups in total. The Hall–Kier alpha value is -1.42. The highest BCUT2D eigenvalue weighted by Crippen LogP contribution is 2.27. The van der Waals surface area contributed by atoms with Crippen LogP contribution < -0.4 is 5.32 Å². The topological polar surface area (TPSA) is 37.8 Å². The maximum Gasteiger partial charge on any atom is 0.130 e. The lowest BCUT2D eigenvalue weighted by atomic mass is 9.95. The van der Waals surface area contributed by atoms with Crippen LogP contribution in [-0.2, 0) is 0 Å². The van der Waals surface area contributed by atoms with E-state index in [9.17, 15) is 0 Å². The summed E-state index contributed by atoms with van der Waals surface area (Å²) in [5.41, 5.74) is 5.35. The van der Waals surface area contributed by atoms with Gasteiger partial charge in [0.2, 0.25) is 0 Å². The number of aryl methyl sites for hydroxylation is 3. The predicted octanol–water partition coefficient (Wildman–Crippen LogP) is 3.64. The van der Waals surface area contributed by atoms with Crippen molar-refractivity contribution in [3.05, 3.63) is 40.6 Å². The van der Waals surface area contributed by atoms with Crippen LogP contribution in [0.1, 0.15) is 35.2 Å². The van der Waals surface area contributed by atoms with Crippen LogP contribution in [0.25, 0.3) is 0 Å². The summed E-state index contributed by atoms with van der Waals surface area (Å²) in [6, 6.07) is 4.73. The van der Waals surface area contributed by atoms with E-state index in [2.05, 4.69) is 54.7 Å². The second-order valence-corrected chi connectivity index (χ2v) is 5.25. The number of anilines is 1. The van der Waals surface area contributed by atoms with E-state index in [4.69, 9.17) is 0 Å². The van der Waals surface area contributed by atoms with E-state index >= 15 is 0 Å². The van der Waals surface area contributed by atoms with Gasteiger partial charge in [-0.1, -0.05) is 22.2 Å². The lowest BCUT2D eigenvalue weighted by Crippen LogP contribution is -2.09. The van der Waals surface area contributed by atoms with Crippen molar-refractivity contribution in [3.63, 3.8) is 0 Å². The zero-order valence-corrected chi connectivity index (χ0v) is 11.4. The summed E-state index contributed by atoms with van der Waals surface area (Å²) in [7, 11) is 0.